The van der Waals surface area contributed by atoms with Crippen molar-refractivity contribution in [3.8, 4) is 5.75 Å². The number of para-hydroxylation sites is 3. The van der Waals surface area contributed by atoms with E-state index < -0.39 is 15.3 Å². The van der Waals surface area contributed by atoms with Crippen LogP contribution < -0.4 is 14.4 Å². The van der Waals surface area contributed by atoms with Gasteiger partial charge in [-0.15, -0.1) is 0 Å². The Hall–Kier alpha value is -3.50. The van der Waals surface area contributed by atoms with Crippen molar-refractivity contribution in [3.05, 3.63) is 72.8 Å². The van der Waals surface area contributed by atoms with Crippen LogP contribution in [0.3, 0.4) is 0 Å². The summed E-state index contributed by atoms with van der Waals surface area (Å²) in [6.07, 6.45) is 0. The average Bonchev–Trinajstić information content (AvgIpc) is 3.25. The highest BCUT2D eigenvalue weighted by atomic mass is 32.2. The van der Waals surface area contributed by atoms with Gasteiger partial charge < -0.3 is 14.1 Å². The Kier molecular flexibility index (Phi) is 6.80. The molecule has 0 spiro atoms. The number of nitrogens with zero attached hydrogens (tertiary/aromatic N) is 2. The third-order valence-corrected chi connectivity index (χ3v) is 7.40. The second-order valence-corrected chi connectivity index (χ2v) is 10.4. The molecule has 1 N–H and O–H groups in total. The minimum absolute atomic E-state index is 0.0312. The lowest BCUT2D eigenvalue weighted by Crippen LogP contribution is -2.33. The first-order valence-corrected chi connectivity index (χ1v) is 12.7. The van der Waals surface area contributed by atoms with Crippen molar-refractivity contribution in [2.24, 2.45) is 0 Å². The second-order valence-electron chi connectivity index (χ2n) is 7.41. The largest absolute Gasteiger partial charge is 0.495 e. The van der Waals surface area contributed by atoms with E-state index >= 15 is 0 Å². The zero-order valence-electron chi connectivity index (χ0n) is 18.8. The van der Waals surface area contributed by atoms with Gasteiger partial charge in [-0.25, -0.2) is 13.4 Å². The lowest BCUT2D eigenvalue weighted by atomic mass is 10.3. The van der Waals surface area contributed by atoms with Gasteiger partial charge in [0.2, 0.25) is 5.91 Å². The number of aromatic nitrogens is 1. The zero-order valence-corrected chi connectivity index (χ0v) is 20.4. The van der Waals surface area contributed by atoms with E-state index in [1.807, 2.05) is 30.3 Å². The van der Waals surface area contributed by atoms with E-state index in [-0.39, 0.29) is 16.0 Å². The molecule has 1 heterocycles. The molecule has 0 aliphatic heterocycles. The number of sulfonamides is 1. The summed E-state index contributed by atoms with van der Waals surface area (Å²) >= 11 is 1.17. The Bertz CT molecular complexity index is 1420. The highest BCUT2D eigenvalue weighted by Gasteiger charge is 2.23. The number of ether oxygens (including phenoxy) is 1. The fraction of sp³-hybridized carbons (Fsp3) is 0.167. The van der Waals surface area contributed by atoms with E-state index in [1.165, 1.54) is 31.0 Å². The van der Waals surface area contributed by atoms with Crippen LogP contribution >= 0.6 is 11.8 Å². The highest BCUT2D eigenvalue weighted by molar-refractivity contribution is 8.00. The van der Waals surface area contributed by atoms with Gasteiger partial charge in [0.05, 0.1) is 22.9 Å². The molecule has 4 aromatic rings. The first-order valence-electron chi connectivity index (χ1n) is 10.3. The van der Waals surface area contributed by atoms with Crippen molar-refractivity contribution >= 4 is 50.2 Å². The number of amides is 1. The summed E-state index contributed by atoms with van der Waals surface area (Å²) in [7, 11) is -0.701. The first-order chi connectivity index (χ1) is 16.3. The van der Waals surface area contributed by atoms with Gasteiger partial charge in [-0.1, -0.05) is 42.1 Å². The van der Waals surface area contributed by atoms with Gasteiger partial charge >= 0.3 is 0 Å². The van der Waals surface area contributed by atoms with Crippen LogP contribution in [0.1, 0.15) is 6.92 Å². The van der Waals surface area contributed by atoms with Gasteiger partial charge in [0.25, 0.3) is 15.2 Å². The topological polar surface area (TPSA) is 102 Å². The van der Waals surface area contributed by atoms with Gasteiger partial charge in [0.15, 0.2) is 5.58 Å². The number of thioether (sulfide) groups is 1. The van der Waals surface area contributed by atoms with Gasteiger partial charge in [0.1, 0.15) is 11.3 Å². The van der Waals surface area contributed by atoms with Crippen molar-refractivity contribution in [3.63, 3.8) is 0 Å². The normalized spacial score (nSPS) is 12.3. The molecule has 0 aliphatic rings. The number of carbonyl (C=O) groups is 1. The van der Waals surface area contributed by atoms with Gasteiger partial charge in [0, 0.05) is 12.7 Å². The van der Waals surface area contributed by atoms with Crippen LogP contribution in [-0.4, -0.2) is 38.7 Å². The van der Waals surface area contributed by atoms with E-state index in [4.69, 9.17) is 9.15 Å². The Balaban J connectivity index is 1.52. The van der Waals surface area contributed by atoms with Crippen LogP contribution in [0.15, 0.2) is 87.3 Å². The monoisotopic (exact) mass is 497 g/mol. The van der Waals surface area contributed by atoms with Crippen molar-refractivity contribution in [2.45, 2.75) is 22.3 Å². The SMILES string of the molecule is COc1ccccc1NS(=O)(=O)c1ccc2oc(SC(C)C(=O)N(C)c3ccccc3)nc2c1. The number of benzene rings is 3. The van der Waals surface area contributed by atoms with E-state index in [2.05, 4.69) is 9.71 Å². The minimum Gasteiger partial charge on any atom is -0.495 e. The molecule has 176 valence electrons. The molecule has 1 aromatic heterocycles. The van der Waals surface area contributed by atoms with E-state index in [9.17, 15) is 13.2 Å². The predicted molar refractivity (Wildman–Crippen MR) is 133 cm³/mol. The van der Waals surface area contributed by atoms with Crippen LogP contribution in [0.4, 0.5) is 11.4 Å². The van der Waals surface area contributed by atoms with Crippen LogP contribution in [0.2, 0.25) is 0 Å². The number of methoxy groups -OCH3 is 1. The van der Waals surface area contributed by atoms with E-state index in [0.717, 1.165) is 5.69 Å². The number of hydrogen-bond donors (Lipinski definition) is 1. The van der Waals surface area contributed by atoms with Gasteiger partial charge in [-0.2, -0.15) is 0 Å². The predicted octanol–water partition coefficient (Wildman–Crippen LogP) is 4.78. The summed E-state index contributed by atoms with van der Waals surface area (Å²) in [4.78, 5) is 18.8. The molecular formula is C24H23N3O5S2. The Morgan fingerprint density at radius 1 is 1.09 bits per heavy atom. The first kappa shape index (κ1) is 23.7. The number of carbonyl (C=O) groups excluding carboxylic acids is 1. The fourth-order valence-electron chi connectivity index (χ4n) is 3.29. The molecule has 0 saturated carbocycles. The van der Waals surface area contributed by atoms with Gasteiger partial charge in [-0.3, -0.25) is 9.52 Å². The molecule has 0 bridgehead atoms. The summed E-state index contributed by atoms with van der Waals surface area (Å²) < 4.78 is 39.3. The van der Waals surface area contributed by atoms with Crippen LogP contribution in [0.5, 0.6) is 5.75 Å². The summed E-state index contributed by atoms with van der Waals surface area (Å²) in [5, 5.41) is -0.182. The number of nitrogens with one attached hydrogen (secondary N) is 1. The molecule has 34 heavy (non-hydrogen) atoms. The second kappa shape index (κ2) is 9.78. The standard InChI is InChI=1S/C24H23N3O5S2/c1-16(23(28)27(2)17-9-5-4-6-10-17)33-24-25-20-15-18(13-14-22(20)32-24)34(29,30)26-19-11-7-8-12-21(19)31-3/h4-16,26H,1-3H3. The molecule has 1 atom stereocenters. The maximum atomic E-state index is 12.9. The van der Waals surface area contributed by atoms with Crippen LogP contribution in [-0.2, 0) is 14.8 Å². The lowest BCUT2D eigenvalue weighted by molar-refractivity contribution is -0.117. The van der Waals surface area contributed by atoms with Crippen LogP contribution in [0, 0.1) is 0 Å². The van der Waals surface area contributed by atoms with Crippen LogP contribution in [0.25, 0.3) is 11.1 Å². The smallest absolute Gasteiger partial charge is 0.262 e. The highest BCUT2D eigenvalue weighted by Crippen LogP contribution is 2.31. The molecule has 4 rings (SSSR count). The molecule has 1 amide bonds. The Morgan fingerprint density at radius 3 is 2.53 bits per heavy atom. The lowest BCUT2D eigenvalue weighted by Gasteiger charge is -2.20. The maximum absolute atomic E-state index is 12.9. The number of hydrogen-bond acceptors (Lipinski definition) is 7. The minimum atomic E-state index is -3.89. The Labute approximate surface area is 202 Å². The quantitative estimate of drug-likeness (QED) is 0.350. The summed E-state index contributed by atoms with van der Waals surface area (Å²) in [6.45, 7) is 1.77. The molecule has 1 unspecified atom stereocenters. The molecule has 0 saturated heterocycles. The third kappa shape index (κ3) is 5.02. The molecule has 0 radical (unpaired) electrons. The molecule has 3 aromatic carbocycles. The van der Waals surface area contributed by atoms with Crippen molar-refractivity contribution in [1.29, 1.82) is 0 Å². The van der Waals surface area contributed by atoms with Gasteiger partial charge in [-0.05, 0) is 49.4 Å². The number of anilines is 2. The van der Waals surface area contributed by atoms with Crippen molar-refractivity contribution < 1.29 is 22.4 Å². The summed E-state index contributed by atoms with van der Waals surface area (Å²) in [5.41, 5.74) is 1.92. The fourth-order valence-corrected chi connectivity index (χ4v) is 5.23. The average molecular weight is 498 g/mol. The Morgan fingerprint density at radius 2 is 1.79 bits per heavy atom. The zero-order chi connectivity index (χ0) is 24.3. The van der Waals surface area contributed by atoms with E-state index in [0.29, 0.717) is 22.5 Å². The molecule has 8 nitrogen and oxygen atoms in total. The molecule has 0 aliphatic carbocycles. The summed E-state index contributed by atoms with van der Waals surface area (Å²) in [5.74, 6) is 0.300. The third-order valence-electron chi connectivity index (χ3n) is 5.10. The molecule has 10 heteroatoms. The van der Waals surface area contributed by atoms with E-state index in [1.54, 1.807) is 49.2 Å². The maximum Gasteiger partial charge on any atom is 0.262 e. The number of oxazole rings is 1. The van der Waals surface area contributed by atoms with Crippen molar-refractivity contribution in [2.75, 3.05) is 23.8 Å². The summed E-state index contributed by atoms with van der Waals surface area (Å²) in [6, 6.07) is 20.5. The van der Waals surface area contributed by atoms with Crippen molar-refractivity contribution in [1.82, 2.24) is 4.98 Å². The number of fused-ring (bicyclic) bond motifs is 1. The number of rotatable bonds is 8. The molecule has 0 fully saturated rings. The molecular weight excluding hydrogens is 474 g/mol.